The fraction of sp³-hybridized carbons (Fsp3) is 0.654. The Kier molecular flexibility index (Phi) is 6.94. The van der Waals surface area contributed by atoms with Gasteiger partial charge in [-0.1, -0.05) is 36.8 Å². The van der Waals surface area contributed by atoms with Gasteiger partial charge in [0, 0.05) is 25.2 Å². The Balaban J connectivity index is 1.52. The maximum absolute atomic E-state index is 13.5. The summed E-state index contributed by atoms with van der Waals surface area (Å²) < 4.78 is 0. The van der Waals surface area contributed by atoms with Crippen LogP contribution in [0.25, 0.3) is 0 Å². The molecule has 3 fully saturated rings. The number of nitriles is 1. The minimum atomic E-state index is -0.200. The second kappa shape index (κ2) is 9.72. The van der Waals surface area contributed by atoms with E-state index >= 15 is 0 Å². The molecule has 1 heterocycles. The number of hydrogen-bond acceptors (Lipinski definition) is 4. The molecule has 7 nitrogen and oxygen atoms in total. The van der Waals surface area contributed by atoms with E-state index in [0.717, 1.165) is 32.2 Å². The van der Waals surface area contributed by atoms with Crippen molar-refractivity contribution < 1.29 is 9.59 Å². The lowest BCUT2D eigenvalue weighted by atomic mass is 9.68. The van der Waals surface area contributed by atoms with E-state index in [1.54, 1.807) is 4.90 Å². The molecule has 0 radical (unpaired) electrons. The van der Waals surface area contributed by atoms with Gasteiger partial charge in [-0.05, 0) is 64.1 Å². The molecule has 7 heteroatoms. The lowest BCUT2D eigenvalue weighted by molar-refractivity contribution is -0.121. The van der Waals surface area contributed by atoms with Crippen LogP contribution in [0.5, 0.6) is 0 Å². The molecule has 1 aromatic rings. The van der Waals surface area contributed by atoms with Crippen molar-refractivity contribution in [2.45, 2.75) is 62.4 Å². The molecule has 1 saturated heterocycles. The van der Waals surface area contributed by atoms with Crippen LogP contribution in [0.3, 0.4) is 0 Å². The summed E-state index contributed by atoms with van der Waals surface area (Å²) in [6.45, 7) is 1.83. The van der Waals surface area contributed by atoms with Crippen LogP contribution in [0.4, 0.5) is 4.79 Å². The molecule has 1 aliphatic heterocycles. The summed E-state index contributed by atoms with van der Waals surface area (Å²) in [6.07, 6.45) is 7.77. The molecule has 0 aromatic heterocycles. The smallest absolute Gasteiger partial charge is 0.321 e. The zero-order valence-electron chi connectivity index (χ0n) is 20.1. The van der Waals surface area contributed by atoms with E-state index in [1.165, 1.54) is 24.8 Å². The maximum atomic E-state index is 13.5. The van der Waals surface area contributed by atoms with Gasteiger partial charge in [-0.3, -0.25) is 9.69 Å². The number of benzene rings is 1. The maximum Gasteiger partial charge on any atom is 0.321 e. The van der Waals surface area contributed by atoms with Gasteiger partial charge in [0.25, 0.3) is 0 Å². The molecule has 2 saturated carbocycles. The van der Waals surface area contributed by atoms with Crippen molar-refractivity contribution in [2.24, 2.45) is 5.92 Å². The van der Waals surface area contributed by atoms with Crippen LogP contribution in [-0.4, -0.2) is 72.5 Å². The summed E-state index contributed by atoms with van der Waals surface area (Å²) in [5, 5.41) is 11.5. The lowest BCUT2D eigenvalue weighted by Gasteiger charge is -2.51. The summed E-state index contributed by atoms with van der Waals surface area (Å²) in [5.41, 5.74) is 1.11. The van der Waals surface area contributed by atoms with Crippen molar-refractivity contribution in [3.8, 4) is 6.07 Å². The lowest BCUT2D eigenvalue weighted by Crippen LogP contribution is -2.56. The van der Waals surface area contributed by atoms with Crippen molar-refractivity contribution in [3.05, 3.63) is 35.9 Å². The van der Waals surface area contributed by atoms with Gasteiger partial charge in [0.05, 0.1) is 18.0 Å². The molecule has 178 valence electrons. The van der Waals surface area contributed by atoms with E-state index in [9.17, 15) is 9.59 Å². The van der Waals surface area contributed by atoms with Crippen LogP contribution >= 0.6 is 0 Å². The van der Waals surface area contributed by atoms with Gasteiger partial charge in [0.15, 0.2) is 0 Å². The Morgan fingerprint density at radius 3 is 2.45 bits per heavy atom. The number of nitrogens with zero attached hydrogens (tertiary/aromatic N) is 4. The van der Waals surface area contributed by atoms with Crippen LogP contribution in [0, 0.1) is 17.2 Å². The molecular weight excluding hydrogens is 414 g/mol. The number of hydrogen-bond donors (Lipinski definition) is 1. The van der Waals surface area contributed by atoms with Crippen LogP contribution in [0.1, 0.15) is 56.9 Å². The largest absolute Gasteiger partial charge is 0.354 e. The van der Waals surface area contributed by atoms with Gasteiger partial charge in [0.2, 0.25) is 5.91 Å². The minimum absolute atomic E-state index is 0.00870. The zero-order chi connectivity index (χ0) is 23.5. The molecule has 4 rings (SSSR count). The van der Waals surface area contributed by atoms with Gasteiger partial charge >= 0.3 is 6.03 Å². The van der Waals surface area contributed by atoms with E-state index < -0.39 is 0 Å². The summed E-state index contributed by atoms with van der Waals surface area (Å²) in [5.74, 6) is 0.409. The fourth-order valence-electron chi connectivity index (χ4n) is 6.00. The Morgan fingerprint density at radius 2 is 1.88 bits per heavy atom. The monoisotopic (exact) mass is 451 g/mol. The molecule has 1 N–H and O–H groups in total. The molecule has 0 atom stereocenters. The van der Waals surface area contributed by atoms with Gasteiger partial charge < -0.3 is 15.1 Å². The van der Waals surface area contributed by atoms with Crippen molar-refractivity contribution in [1.82, 2.24) is 20.0 Å². The highest BCUT2D eigenvalue weighted by atomic mass is 16.2. The first kappa shape index (κ1) is 23.6. The van der Waals surface area contributed by atoms with E-state index in [-0.39, 0.29) is 36.0 Å². The molecule has 2 aliphatic carbocycles. The molecule has 1 aromatic carbocycles. The Labute approximate surface area is 197 Å². The number of carbonyl (C=O) groups is 2. The van der Waals surface area contributed by atoms with E-state index in [1.807, 2.05) is 6.07 Å². The normalized spacial score (nSPS) is 27.6. The molecule has 0 unspecified atom stereocenters. The van der Waals surface area contributed by atoms with Crippen LogP contribution in [0.2, 0.25) is 0 Å². The first-order valence-corrected chi connectivity index (χ1v) is 12.3. The third-order valence-electron chi connectivity index (χ3n) is 8.29. The van der Waals surface area contributed by atoms with E-state index in [0.29, 0.717) is 19.0 Å². The first-order valence-electron chi connectivity index (χ1n) is 12.3. The molecule has 3 aliphatic rings. The van der Waals surface area contributed by atoms with Crippen molar-refractivity contribution in [1.29, 1.82) is 5.26 Å². The Bertz CT molecular complexity index is 882. The fourth-order valence-corrected chi connectivity index (χ4v) is 6.00. The average Bonchev–Trinajstić information content (AvgIpc) is 3.02. The van der Waals surface area contributed by atoms with E-state index in [2.05, 4.69) is 59.5 Å². The number of nitrogens with one attached hydrogen (secondary N) is 1. The van der Waals surface area contributed by atoms with Crippen LogP contribution < -0.4 is 5.32 Å². The highest BCUT2D eigenvalue weighted by Crippen LogP contribution is 2.49. The standard InChI is InChI=1S/C26H37N5O2/c1-29(2)26(22-10-4-3-5-11-22)14-12-25(13-15-26)20-30(19-23(32)28-17-7-16-27)24(33)31(25)18-21-8-6-9-21/h3-5,10-11,21H,6-9,12-15,17-20H2,1-2H3,(H,28,32)/t25-,26-. The molecular formula is C26H37N5O2. The highest BCUT2D eigenvalue weighted by molar-refractivity contribution is 5.86. The van der Waals surface area contributed by atoms with Crippen LogP contribution in [-0.2, 0) is 10.3 Å². The summed E-state index contributed by atoms with van der Waals surface area (Å²) in [4.78, 5) is 32.1. The molecule has 0 bridgehead atoms. The first-order chi connectivity index (χ1) is 15.9. The van der Waals surface area contributed by atoms with Gasteiger partial charge in [-0.25, -0.2) is 4.79 Å². The number of carbonyl (C=O) groups excluding carboxylic acids is 2. The van der Waals surface area contributed by atoms with E-state index in [4.69, 9.17) is 5.26 Å². The van der Waals surface area contributed by atoms with Crippen molar-refractivity contribution in [3.63, 3.8) is 0 Å². The molecule has 33 heavy (non-hydrogen) atoms. The van der Waals surface area contributed by atoms with Gasteiger partial charge in [-0.2, -0.15) is 5.26 Å². The van der Waals surface area contributed by atoms with Crippen LogP contribution in [0.15, 0.2) is 30.3 Å². The quantitative estimate of drug-likeness (QED) is 0.615. The van der Waals surface area contributed by atoms with Crippen molar-refractivity contribution >= 4 is 11.9 Å². The Hall–Kier alpha value is -2.59. The second-order valence-corrected chi connectivity index (χ2v) is 10.3. The molecule has 1 spiro atoms. The van der Waals surface area contributed by atoms with Gasteiger partial charge in [0.1, 0.15) is 6.54 Å². The Morgan fingerprint density at radius 1 is 1.18 bits per heavy atom. The topological polar surface area (TPSA) is 79.7 Å². The minimum Gasteiger partial charge on any atom is -0.354 e. The molecule has 3 amide bonds. The summed E-state index contributed by atoms with van der Waals surface area (Å²) in [7, 11) is 4.32. The summed E-state index contributed by atoms with van der Waals surface area (Å²) >= 11 is 0. The third kappa shape index (κ3) is 4.59. The predicted octanol–water partition coefficient (Wildman–Crippen LogP) is 3.32. The zero-order valence-corrected chi connectivity index (χ0v) is 20.1. The number of urea groups is 1. The third-order valence-corrected chi connectivity index (χ3v) is 8.29. The number of amides is 3. The summed E-state index contributed by atoms with van der Waals surface area (Å²) in [6, 6.07) is 12.8. The predicted molar refractivity (Wildman–Crippen MR) is 127 cm³/mol. The van der Waals surface area contributed by atoms with Crippen molar-refractivity contribution in [2.75, 3.05) is 40.3 Å². The van der Waals surface area contributed by atoms with Gasteiger partial charge in [-0.15, -0.1) is 0 Å². The second-order valence-electron chi connectivity index (χ2n) is 10.3. The number of rotatable bonds is 8. The SMILES string of the molecule is CN(C)[C@]1(c2ccccc2)CC[C@@]2(CC1)CN(CC(=O)NCCC#N)C(=O)N2CC1CCC1. The highest BCUT2D eigenvalue weighted by Gasteiger charge is 2.55. The average molecular weight is 452 g/mol.